The van der Waals surface area contributed by atoms with Crippen LogP contribution >= 0.6 is 0 Å². The Labute approximate surface area is 112 Å². The minimum absolute atomic E-state index is 0.0387. The Kier molecular flexibility index (Phi) is 6.08. The van der Waals surface area contributed by atoms with Crippen molar-refractivity contribution < 1.29 is 35.8 Å². The highest BCUT2D eigenvalue weighted by atomic mass is 19.4. The summed E-state index contributed by atoms with van der Waals surface area (Å²) in [6.45, 7) is 2.06. The van der Waals surface area contributed by atoms with Crippen LogP contribution in [0.15, 0.2) is 0 Å². The van der Waals surface area contributed by atoms with Crippen molar-refractivity contribution >= 4 is 0 Å². The van der Waals surface area contributed by atoms with Crippen molar-refractivity contribution in [3.05, 3.63) is 0 Å². The summed E-state index contributed by atoms with van der Waals surface area (Å²) in [5.74, 6) is 0. The lowest BCUT2D eigenvalue weighted by molar-refractivity contribution is -0.329. The molecule has 1 rings (SSSR count). The SMILES string of the molecule is CC(CNCC1CCCO1)OC(C(F)(F)F)C(F)(F)F. The predicted octanol–water partition coefficient (Wildman–Crippen LogP) is 2.65. The Balaban J connectivity index is 2.36. The number of hydrogen-bond acceptors (Lipinski definition) is 3. The summed E-state index contributed by atoms with van der Waals surface area (Å²) in [5.41, 5.74) is 0. The molecule has 3 nitrogen and oxygen atoms in total. The first-order valence-corrected chi connectivity index (χ1v) is 6.22. The van der Waals surface area contributed by atoms with E-state index in [1.165, 1.54) is 0 Å². The van der Waals surface area contributed by atoms with Gasteiger partial charge >= 0.3 is 12.4 Å². The lowest BCUT2D eigenvalue weighted by atomic mass is 10.2. The number of alkyl halides is 6. The van der Waals surface area contributed by atoms with Gasteiger partial charge in [-0.05, 0) is 19.8 Å². The second-order valence-electron chi connectivity index (χ2n) is 4.70. The molecule has 20 heavy (non-hydrogen) atoms. The van der Waals surface area contributed by atoms with Crippen molar-refractivity contribution in [3.8, 4) is 0 Å². The van der Waals surface area contributed by atoms with Crippen LogP contribution in [0.3, 0.4) is 0 Å². The average molecular weight is 309 g/mol. The Morgan fingerprint density at radius 3 is 2.25 bits per heavy atom. The molecule has 1 aliphatic heterocycles. The molecular weight excluding hydrogens is 292 g/mol. The van der Waals surface area contributed by atoms with Crippen molar-refractivity contribution in [3.63, 3.8) is 0 Å². The molecule has 0 aromatic heterocycles. The highest BCUT2D eigenvalue weighted by Crippen LogP contribution is 2.36. The van der Waals surface area contributed by atoms with Gasteiger partial charge < -0.3 is 14.8 Å². The molecule has 0 bridgehead atoms. The van der Waals surface area contributed by atoms with Gasteiger partial charge in [0.25, 0.3) is 0 Å². The molecule has 2 unspecified atom stereocenters. The largest absolute Gasteiger partial charge is 0.423 e. The summed E-state index contributed by atoms with van der Waals surface area (Å²) in [5, 5.41) is 2.75. The van der Waals surface area contributed by atoms with Gasteiger partial charge in [0.15, 0.2) is 0 Å². The van der Waals surface area contributed by atoms with Crippen molar-refractivity contribution in [2.75, 3.05) is 19.7 Å². The van der Waals surface area contributed by atoms with Crippen LogP contribution < -0.4 is 5.32 Å². The molecule has 0 aromatic rings. The van der Waals surface area contributed by atoms with Crippen molar-refractivity contribution in [2.24, 2.45) is 0 Å². The molecule has 120 valence electrons. The molecule has 9 heteroatoms. The van der Waals surface area contributed by atoms with Gasteiger partial charge in [0.2, 0.25) is 6.10 Å². The van der Waals surface area contributed by atoms with Crippen LogP contribution in [0.4, 0.5) is 26.3 Å². The summed E-state index contributed by atoms with van der Waals surface area (Å²) in [4.78, 5) is 0. The monoisotopic (exact) mass is 309 g/mol. The molecule has 1 heterocycles. The number of halogens is 6. The second-order valence-corrected chi connectivity index (χ2v) is 4.70. The molecule has 1 saturated heterocycles. The van der Waals surface area contributed by atoms with E-state index in [-0.39, 0.29) is 12.6 Å². The average Bonchev–Trinajstić information content (AvgIpc) is 2.75. The van der Waals surface area contributed by atoms with Crippen LogP contribution in [0.25, 0.3) is 0 Å². The van der Waals surface area contributed by atoms with Crippen molar-refractivity contribution in [2.45, 2.75) is 50.4 Å². The molecule has 2 atom stereocenters. The first-order valence-electron chi connectivity index (χ1n) is 6.22. The van der Waals surface area contributed by atoms with Gasteiger partial charge in [-0.1, -0.05) is 0 Å². The fourth-order valence-corrected chi connectivity index (χ4v) is 1.87. The third-order valence-electron chi connectivity index (χ3n) is 2.79. The molecule has 0 radical (unpaired) electrons. The van der Waals surface area contributed by atoms with Crippen LogP contribution in [0, 0.1) is 0 Å². The minimum Gasteiger partial charge on any atom is -0.377 e. The molecule has 0 spiro atoms. The molecule has 0 aromatic carbocycles. The van der Waals surface area contributed by atoms with E-state index in [4.69, 9.17) is 4.74 Å². The Bertz CT molecular complexity index is 274. The summed E-state index contributed by atoms with van der Waals surface area (Å²) < 4.78 is 82.9. The number of nitrogens with one attached hydrogen (secondary N) is 1. The van der Waals surface area contributed by atoms with Crippen molar-refractivity contribution in [1.82, 2.24) is 5.32 Å². The van der Waals surface area contributed by atoms with Crippen LogP contribution in [-0.2, 0) is 9.47 Å². The molecule has 0 amide bonds. The fourth-order valence-electron chi connectivity index (χ4n) is 1.87. The summed E-state index contributed by atoms with van der Waals surface area (Å²) in [6.07, 6.45) is -14.2. The Hall–Kier alpha value is -0.540. The quantitative estimate of drug-likeness (QED) is 0.765. The zero-order valence-corrected chi connectivity index (χ0v) is 10.9. The van der Waals surface area contributed by atoms with Crippen LogP contribution in [0.2, 0.25) is 0 Å². The Morgan fingerprint density at radius 1 is 1.20 bits per heavy atom. The predicted molar refractivity (Wildman–Crippen MR) is 58.3 cm³/mol. The van der Waals surface area contributed by atoms with Gasteiger partial charge in [0.1, 0.15) is 0 Å². The zero-order chi connectivity index (χ0) is 15.4. The van der Waals surface area contributed by atoms with E-state index in [0.717, 1.165) is 19.8 Å². The highest BCUT2D eigenvalue weighted by Gasteiger charge is 2.58. The molecule has 1 aliphatic rings. The fraction of sp³-hybridized carbons (Fsp3) is 1.00. The van der Waals surface area contributed by atoms with Gasteiger partial charge in [-0.15, -0.1) is 0 Å². The van der Waals surface area contributed by atoms with Crippen molar-refractivity contribution in [1.29, 1.82) is 0 Å². The third-order valence-corrected chi connectivity index (χ3v) is 2.79. The maximum absolute atomic E-state index is 12.3. The standard InChI is InChI=1S/C11H17F6NO2/c1-7(5-18-6-8-3-2-4-19-8)20-9(10(12,13)14)11(15,16)17/h7-9,18H,2-6H2,1H3. The van der Waals surface area contributed by atoms with E-state index in [1.54, 1.807) is 0 Å². The third kappa shape index (κ3) is 5.84. The summed E-state index contributed by atoms with van der Waals surface area (Å²) >= 11 is 0. The number of rotatable bonds is 6. The van der Waals surface area contributed by atoms with E-state index in [2.05, 4.69) is 10.1 Å². The molecule has 1 fully saturated rings. The van der Waals surface area contributed by atoms with Crippen LogP contribution in [-0.4, -0.2) is 50.4 Å². The highest BCUT2D eigenvalue weighted by molar-refractivity contribution is 4.78. The van der Waals surface area contributed by atoms with E-state index < -0.39 is 24.6 Å². The van der Waals surface area contributed by atoms with E-state index in [1.807, 2.05) is 0 Å². The second kappa shape index (κ2) is 6.95. The summed E-state index contributed by atoms with van der Waals surface area (Å²) in [6, 6.07) is 0. The van der Waals surface area contributed by atoms with Gasteiger partial charge in [-0.3, -0.25) is 0 Å². The number of hydrogen-bond donors (Lipinski definition) is 1. The lowest BCUT2D eigenvalue weighted by Gasteiger charge is -2.26. The maximum Gasteiger partial charge on any atom is 0.423 e. The van der Waals surface area contributed by atoms with E-state index in [9.17, 15) is 26.3 Å². The molecule has 0 aliphatic carbocycles. The molecule has 1 N–H and O–H groups in total. The van der Waals surface area contributed by atoms with Gasteiger partial charge in [-0.25, -0.2) is 0 Å². The van der Waals surface area contributed by atoms with Crippen LogP contribution in [0.1, 0.15) is 19.8 Å². The van der Waals surface area contributed by atoms with Gasteiger partial charge in [-0.2, -0.15) is 26.3 Å². The smallest absolute Gasteiger partial charge is 0.377 e. The first kappa shape index (κ1) is 17.5. The topological polar surface area (TPSA) is 30.5 Å². The van der Waals surface area contributed by atoms with E-state index >= 15 is 0 Å². The maximum atomic E-state index is 12.3. The zero-order valence-electron chi connectivity index (χ0n) is 10.9. The summed E-state index contributed by atoms with van der Waals surface area (Å²) in [7, 11) is 0. The Morgan fingerprint density at radius 2 is 1.80 bits per heavy atom. The van der Waals surface area contributed by atoms with Crippen LogP contribution in [0.5, 0.6) is 0 Å². The van der Waals surface area contributed by atoms with Gasteiger partial charge in [0.05, 0.1) is 12.2 Å². The lowest BCUT2D eigenvalue weighted by Crippen LogP contribution is -2.47. The minimum atomic E-state index is -5.47. The van der Waals surface area contributed by atoms with Gasteiger partial charge in [0, 0.05) is 19.7 Å². The molecule has 0 saturated carbocycles. The molecular formula is C11H17F6NO2. The normalized spacial score (nSPS) is 22.5. The number of ether oxygens (including phenoxy) is 2. The first-order chi connectivity index (χ1) is 9.10. The van der Waals surface area contributed by atoms with E-state index in [0.29, 0.717) is 13.2 Å².